The van der Waals surface area contributed by atoms with Crippen molar-refractivity contribution in [1.29, 1.82) is 0 Å². The van der Waals surface area contributed by atoms with Gasteiger partial charge in [0.2, 0.25) is 5.91 Å². The van der Waals surface area contributed by atoms with Crippen molar-refractivity contribution in [2.24, 2.45) is 0 Å². The van der Waals surface area contributed by atoms with Crippen molar-refractivity contribution in [1.82, 2.24) is 9.80 Å². The number of benzene rings is 1. The van der Waals surface area contributed by atoms with Gasteiger partial charge in [0.05, 0.1) is 5.69 Å². The number of likely N-dealkylation sites (N-methyl/N-ethyl adjacent to an activating group) is 1. The Morgan fingerprint density at radius 2 is 2.10 bits per heavy atom. The second kappa shape index (κ2) is 5.48. The summed E-state index contributed by atoms with van der Waals surface area (Å²) in [4.78, 5) is 27.4. The van der Waals surface area contributed by atoms with Crippen LogP contribution in [-0.2, 0) is 4.79 Å². The predicted molar refractivity (Wildman–Crippen MR) is 73.6 cm³/mol. The molecule has 0 radical (unpaired) electrons. The largest absolute Gasteiger partial charge is 0.396 e. The van der Waals surface area contributed by atoms with Crippen LogP contribution in [0.5, 0.6) is 0 Å². The Labute approximate surface area is 117 Å². The fraction of sp³-hybridized carbons (Fsp3) is 0.429. The summed E-state index contributed by atoms with van der Waals surface area (Å²) in [5.41, 5.74) is 5.62. The molecule has 1 aliphatic heterocycles. The highest BCUT2D eigenvalue weighted by Gasteiger charge is 2.35. The lowest BCUT2D eigenvalue weighted by atomic mass is 10.1. The number of likely N-dealkylation sites (tertiary alicyclic amines) is 1. The van der Waals surface area contributed by atoms with Gasteiger partial charge in [0.1, 0.15) is 11.9 Å². The zero-order valence-corrected chi connectivity index (χ0v) is 11.6. The molecule has 2 N–H and O–H groups in total. The molecule has 0 bridgehead atoms. The van der Waals surface area contributed by atoms with E-state index in [9.17, 15) is 14.0 Å². The van der Waals surface area contributed by atoms with E-state index in [1.54, 1.807) is 14.1 Å². The van der Waals surface area contributed by atoms with E-state index < -0.39 is 11.9 Å². The van der Waals surface area contributed by atoms with Gasteiger partial charge < -0.3 is 15.5 Å². The molecule has 6 heteroatoms. The molecule has 108 valence electrons. The average Bonchev–Trinajstić information content (AvgIpc) is 2.89. The number of anilines is 1. The lowest BCUT2D eigenvalue weighted by Crippen LogP contribution is -2.45. The highest BCUT2D eigenvalue weighted by Crippen LogP contribution is 2.22. The average molecular weight is 279 g/mol. The number of hydrogen-bond acceptors (Lipinski definition) is 3. The number of carbonyl (C=O) groups excluding carboxylic acids is 2. The zero-order chi connectivity index (χ0) is 14.9. The van der Waals surface area contributed by atoms with Gasteiger partial charge in [-0.3, -0.25) is 9.59 Å². The van der Waals surface area contributed by atoms with Crippen molar-refractivity contribution >= 4 is 17.5 Å². The SMILES string of the molecule is CN(C)C(=O)C1CCCN1C(=O)c1ccc(N)c(F)c1. The number of nitrogen functional groups attached to an aromatic ring is 1. The maximum atomic E-state index is 13.4. The highest BCUT2D eigenvalue weighted by atomic mass is 19.1. The first-order chi connectivity index (χ1) is 9.41. The van der Waals surface area contributed by atoms with Gasteiger partial charge in [0, 0.05) is 26.2 Å². The van der Waals surface area contributed by atoms with Crippen molar-refractivity contribution in [3.05, 3.63) is 29.6 Å². The molecule has 20 heavy (non-hydrogen) atoms. The highest BCUT2D eigenvalue weighted by molar-refractivity contribution is 5.98. The molecular weight excluding hydrogens is 261 g/mol. The second-order valence-electron chi connectivity index (χ2n) is 5.13. The van der Waals surface area contributed by atoms with Crippen molar-refractivity contribution in [2.45, 2.75) is 18.9 Å². The molecule has 1 saturated heterocycles. The van der Waals surface area contributed by atoms with Crippen LogP contribution < -0.4 is 5.73 Å². The number of halogens is 1. The number of carbonyl (C=O) groups is 2. The molecule has 2 rings (SSSR count). The Morgan fingerprint density at radius 3 is 2.70 bits per heavy atom. The number of nitrogens with zero attached hydrogens (tertiary/aromatic N) is 2. The first kappa shape index (κ1) is 14.3. The van der Waals surface area contributed by atoms with Crippen LogP contribution in [0.15, 0.2) is 18.2 Å². The Morgan fingerprint density at radius 1 is 1.40 bits per heavy atom. The van der Waals surface area contributed by atoms with Gasteiger partial charge in [-0.15, -0.1) is 0 Å². The maximum Gasteiger partial charge on any atom is 0.254 e. The summed E-state index contributed by atoms with van der Waals surface area (Å²) in [5, 5.41) is 0. The third-order valence-electron chi connectivity index (χ3n) is 3.49. The molecule has 1 aliphatic rings. The minimum Gasteiger partial charge on any atom is -0.396 e. The monoisotopic (exact) mass is 279 g/mol. The van der Waals surface area contributed by atoms with Gasteiger partial charge in [-0.1, -0.05) is 0 Å². The quantitative estimate of drug-likeness (QED) is 0.824. The molecule has 2 amide bonds. The molecule has 0 saturated carbocycles. The number of rotatable bonds is 2. The van der Waals surface area contributed by atoms with Gasteiger partial charge in [-0.2, -0.15) is 0 Å². The van der Waals surface area contributed by atoms with Crippen molar-refractivity contribution in [2.75, 3.05) is 26.4 Å². The van der Waals surface area contributed by atoms with Crippen molar-refractivity contribution < 1.29 is 14.0 Å². The molecular formula is C14H18FN3O2. The van der Waals surface area contributed by atoms with Crippen molar-refractivity contribution in [3.8, 4) is 0 Å². The van der Waals surface area contributed by atoms with E-state index in [0.717, 1.165) is 12.5 Å². The summed E-state index contributed by atoms with van der Waals surface area (Å²) in [6.07, 6.45) is 1.41. The Balaban J connectivity index is 2.23. The van der Waals surface area contributed by atoms with Gasteiger partial charge in [0.15, 0.2) is 0 Å². The molecule has 5 nitrogen and oxygen atoms in total. The molecule has 1 unspecified atom stereocenters. The number of hydrogen-bond donors (Lipinski definition) is 1. The normalized spacial score (nSPS) is 18.1. The van der Waals surface area contributed by atoms with Crippen LogP contribution in [0.2, 0.25) is 0 Å². The van der Waals surface area contributed by atoms with E-state index in [2.05, 4.69) is 0 Å². The van der Waals surface area contributed by atoms with Crippen LogP contribution in [0.4, 0.5) is 10.1 Å². The summed E-state index contributed by atoms with van der Waals surface area (Å²) in [6, 6.07) is 3.50. The van der Waals surface area contributed by atoms with Gasteiger partial charge in [-0.05, 0) is 31.0 Å². The molecule has 1 aromatic carbocycles. The Hall–Kier alpha value is -2.11. The van der Waals surface area contributed by atoms with Crippen LogP contribution in [0.3, 0.4) is 0 Å². The fourth-order valence-corrected chi connectivity index (χ4v) is 2.39. The van der Waals surface area contributed by atoms with Crippen LogP contribution >= 0.6 is 0 Å². The van der Waals surface area contributed by atoms with E-state index >= 15 is 0 Å². The summed E-state index contributed by atoms with van der Waals surface area (Å²) in [6.45, 7) is 0.509. The first-order valence-corrected chi connectivity index (χ1v) is 6.49. The van der Waals surface area contributed by atoms with Crippen LogP contribution in [0, 0.1) is 5.82 Å². The van der Waals surface area contributed by atoms with Crippen molar-refractivity contribution in [3.63, 3.8) is 0 Å². The minimum atomic E-state index is -0.620. The smallest absolute Gasteiger partial charge is 0.254 e. The topological polar surface area (TPSA) is 66.6 Å². The lowest BCUT2D eigenvalue weighted by molar-refractivity contribution is -0.132. The summed E-state index contributed by atoms with van der Waals surface area (Å²) >= 11 is 0. The van der Waals surface area contributed by atoms with Crippen LogP contribution in [0.1, 0.15) is 23.2 Å². The summed E-state index contributed by atoms with van der Waals surface area (Å²) in [7, 11) is 3.32. The fourth-order valence-electron chi connectivity index (χ4n) is 2.39. The number of nitrogens with two attached hydrogens (primary N) is 1. The summed E-state index contributed by atoms with van der Waals surface area (Å²) < 4.78 is 13.4. The van der Waals surface area contributed by atoms with Gasteiger partial charge in [0.25, 0.3) is 5.91 Å². The van der Waals surface area contributed by atoms with E-state index in [0.29, 0.717) is 13.0 Å². The van der Waals surface area contributed by atoms with E-state index in [1.807, 2.05) is 0 Å². The third kappa shape index (κ3) is 2.59. The van der Waals surface area contributed by atoms with Gasteiger partial charge in [-0.25, -0.2) is 4.39 Å². The summed E-state index contributed by atoms with van der Waals surface area (Å²) in [5.74, 6) is -1.06. The Kier molecular flexibility index (Phi) is 3.92. The van der Waals surface area contributed by atoms with Gasteiger partial charge >= 0.3 is 0 Å². The molecule has 0 aromatic heterocycles. The molecule has 1 aromatic rings. The predicted octanol–water partition coefficient (Wildman–Crippen LogP) is 1.10. The Bertz CT molecular complexity index is 545. The molecule has 0 spiro atoms. The van der Waals surface area contributed by atoms with Crippen LogP contribution in [-0.4, -0.2) is 48.3 Å². The lowest BCUT2D eigenvalue weighted by Gasteiger charge is -2.26. The first-order valence-electron chi connectivity index (χ1n) is 6.49. The molecule has 1 atom stereocenters. The minimum absolute atomic E-state index is 0.00360. The molecule has 1 fully saturated rings. The second-order valence-corrected chi connectivity index (χ2v) is 5.13. The van der Waals surface area contributed by atoms with Crippen LogP contribution in [0.25, 0.3) is 0 Å². The third-order valence-corrected chi connectivity index (χ3v) is 3.49. The number of amides is 2. The van der Waals surface area contributed by atoms with E-state index in [1.165, 1.54) is 21.9 Å². The van der Waals surface area contributed by atoms with E-state index in [4.69, 9.17) is 5.73 Å². The maximum absolute atomic E-state index is 13.4. The zero-order valence-electron chi connectivity index (χ0n) is 11.6. The molecule has 1 heterocycles. The molecule has 0 aliphatic carbocycles. The van der Waals surface area contributed by atoms with E-state index in [-0.39, 0.29) is 23.1 Å². The standard InChI is InChI=1S/C14H18FN3O2/c1-17(2)14(20)12-4-3-7-18(12)13(19)9-5-6-11(16)10(15)8-9/h5-6,8,12H,3-4,7,16H2,1-2H3.